The SMILES string of the molecule is CCC1(C)NC(=O)C(C)N(C2CC2c2ccccc2)C1=O. The van der Waals surface area contributed by atoms with E-state index in [0.29, 0.717) is 12.3 Å². The van der Waals surface area contributed by atoms with Crippen molar-refractivity contribution in [3.63, 3.8) is 0 Å². The number of piperazine rings is 1. The van der Waals surface area contributed by atoms with Crippen LogP contribution in [0.4, 0.5) is 0 Å². The van der Waals surface area contributed by atoms with E-state index < -0.39 is 5.54 Å². The molecule has 1 N–H and O–H groups in total. The summed E-state index contributed by atoms with van der Waals surface area (Å²) >= 11 is 0. The standard InChI is InChI=1S/C17H22N2O2/c1-4-17(3)16(21)19(11(2)15(20)18-17)14-10-13(14)12-8-6-5-7-9-12/h5-9,11,13-14H,4,10H2,1-3H3,(H,18,20). The Bertz CT molecular complexity index is 571. The van der Waals surface area contributed by atoms with Crippen LogP contribution in [0.5, 0.6) is 0 Å². The van der Waals surface area contributed by atoms with Crippen molar-refractivity contribution in [2.24, 2.45) is 0 Å². The van der Waals surface area contributed by atoms with Crippen LogP contribution in [0.2, 0.25) is 0 Å². The Kier molecular flexibility index (Phi) is 3.27. The first-order chi connectivity index (χ1) is 9.98. The van der Waals surface area contributed by atoms with Crippen LogP contribution in [0, 0.1) is 0 Å². The zero-order valence-electron chi connectivity index (χ0n) is 12.8. The Morgan fingerprint density at radius 1 is 1.29 bits per heavy atom. The molecule has 1 aromatic rings. The van der Waals surface area contributed by atoms with E-state index in [1.165, 1.54) is 5.56 Å². The quantitative estimate of drug-likeness (QED) is 0.924. The molecule has 3 rings (SSSR count). The van der Waals surface area contributed by atoms with Gasteiger partial charge >= 0.3 is 0 Å². The van der Waals surface area contributed by atoms with E-state index in [-0.39, 0.29) is 23.9 Å². The lowest BCUT2D eigenvalue weighted by Gasteiger charge is -2.43. The Morgan fingerprint density at radius 3 is 2.57 bits per heavy atom. The minimum atomic E-state index is -0.757. The summed E-state index contributed by atoms with van der Waals surface area (Å²) in [7, 11) is 0. The molecule has 1 saturated carbocycles. The number of benzene rings is 1. The van der Waals surface area contributed by atoms with E-state index in [4.69, 9.17) is 0 Å². The Labute approximate surface area is 125 Å². The number of nitrogens with zero attached hydrogens (tertiary/aromatic N) is 1. The van der Waals surface area contributed by atoms with Gasteiger partial charge in [0.2, 0.25) is 11.8 Å². The van der Waals surface area contributed by atoms with Crippen LogP contribution >= 0.6 is 0 Å². The highest BCUT2D eigenvalue weighted by Crippen LogP contribution is 2.46. The van der Waals surface area contributed by atoms with Gasteiger partial charge < -0.3 is 10.2 Å². The zero-order valence-corrected chi connectivity index (χ0v) is 12.8. The second-order valence-electron chi connectivity index (χ2n) is 6.38. The van der Waals surface area contributed by atoms with Crippen LogP contribution in [-0.4, -0.2) is 34.3 Å². The minimum absolute atomic E-state index is 0.0438. The third kappa shape index (κ3) is 2.23. The molecule has 1 aliphatic carbocycles. The molecule has 2 amide bonds. The molecule has 2 fully saturated rings. The van der Waals surface area contributed by atoms with Gasteiger partial charge in [0.15, 0.2) is 0 Å². The van der Waals surface area contributed by atoms with Gasteiger partial charge in [-0.1, -0.05) is 37.3 Å². The van der Waals surface area contributed by atoms with Gasteiger partial charge in [0.05, 0.1) is 0 Å². The molecule has 112 valence electrons. The van der Waals surface area contributed by atoms with Crippen molar-refractivity contribution >= 4 is 11.8 Å². The summed E-state index contributed by atoms with van der Waals surface area (Å²) in [5.74, 6) is 0.378. The lowest BCUT2D eigenvalue weighted by atomic mass is 9.92. The van der Waals surface area contributed by atoms with Crippen molar-refractivity contribution in [3.8, 4) is 0 Å². The summed E-state index contributed by atoms with van der Waals surface area (Å²) in [5.41, 5.74) is 0.500. The number of nitrogens with one attached hydrogen (secondary N) is 1. The number of carbonyl (C=O) groups excluding carboxylic acids is 2. The van der Waals surface area contributed by atoms with Crippen molar-refractivity contribution in [1.29, 1.82) is 0 Å². The molecule has 21 heavy (non-hydrogen) atoms. The van der Waals surface area contributed by atoms with Gasteiger partial charge in [-0.3, -0.25) is 9.59 Å². The van der Waals surface area contributed by atoms with Gasteiger partial charge in [-0.2, -0.15) is 0 Å². The lowest BCUT2D eigenvalue weighted by molar-refractivity contribution is -0.154. The predicted octanol–water partition coefficient (Wildman–Crippen LogP) is 2.06. The number of hydrogen-bond acceptors (Lipinski definition) is 2. The molecular weight excluding hydrogens is 264 g/mol. The number of rotatable bonds is 3. The Morgan fingerprint density at radius 2 is 1.95 bits per heavy atom. The lowest BCUT2D eigenvalue weighted by Crippen LogP contribution is -2.68. The van der Waals surface area contributed by atoms with Gasteiger partial charge in [-0.15, -0.1) is 0 Å². The summed E-state index contributed by atoms with van der Waals surface area (Å²) in [6, 6.07) is 10.0. The molecule has 1 aromatic carbocycles. The first kappa shape index (κ1) is 14.1. The first-order valence-electron chi connectivity index (χ1n) is 7.67. The normalized spacial score (nSPS) is 35.6. The summed E-state index contributed by atoms with van der Waals surface area (Å²) in [4.78, 5) is 26.8. The van der Waals surface area contributed by atoms with Crippen LogP contribution in [0.15, 0.2) is 30.3 Å². The monoisotopic (exact) mass is 286 g/mol. The van der Waals surface area contributed by atoms with Gasteiger partial charge in [0.25, 0.3) is 0 Å². The molecule has 4 atom stereocenters. The first-order valence-corrected chi connectivity index (χ1v) is 7.67. The van der Waals surface area contributed by atoms with E-state index in [0.717, 1.165) is 6.42 Å². The second kappa shape index (κ2) is 4.86. The highest BCUT2D eigenvalue weighted by Gasteiger charge is 2.54. The van der Waals surface area contributed by atoms with E-state index in [2.05, 4.69) is 17.4 Å². The molecule has 1 saturated heterocycles. The van der Waals surface area contributed by atoms with Crippen molar-refractivity contribution in [2.45, 2.75) is 57.2 Å². The molecule has 0 bridgehead atoms. The van der Waals surface area contributed by atoms with Gasteiger partial charge in [0, 0.05) is 12.0 Å². The molecular formula is C17H22N2O2. The zero-order chi connectivity index (χ0) is 15.2. The minimum Gasteiger partial charge on any atom is -0.340 e. The Balaban J connectivity index is 1.84. The summed E-state index contributed by atoms with van der Waals surface area (Å²) < 4.78 is 0. The van der Waals surface area contributed by atoms with Gasteiger partial charge in [-0.05, 0) is 32.3 Å². The fourth-order valence-corrected chi connectivity index (χ4v) is 3.24. The van der Waals surface area contributed by atoms with E-state index in [9.17, 15) is 9.59 Å². The summed E-state index contributed by atoms with van der Waals surface area (Å²) in [6.45, 7) is 5.59. The average Bonchev–Trinajstić information content (AvgIpc) is 3.27. The largest absolute Gasteiger partial charge is 0.340 e. The third-order valence-electron chi connectivity index (χ3n) is 4.95. The molecule has 1 heterocycles. The third-order valence-corrected chi connectivity index (χ3v) is 4.95. The highest BCUT2D eigenvalue weighted by molar-refractivity contribution is 5.99. The van der Waals surface area contributed by atoms with Crippen molar-refractivity contribution < 1.29 is 9.59 Å². The van der Waals surface area contributed by atoms with Crippen LogP contribution in [0.1, 0.15) is 45.1 Å². The predicted molar refractivity (Wildman–Crippen MR) is 80.7 cm³/mol. The van der Waals surface area contributed by atoms with Gasteiger partial charge in [0.1, 0.15) is 11.6 Å². The molecule has 0 spiro atoms. The smallest absolute Gasteiger partial charge is 0.248 e. The molecule has 4 heteroatoms. The maximum absolute atomic E-state index is 12.8. The summed E-state index contributed by atoms with van der Waals surface area (Å²) in [5, 5.41) is 2.88. The molecule has 4 nitrogen and oxygen atoms in total. The molecule has 0 aromatic heterocycles. The van der Waals surface area contributed by atoms with Crippen molar-refractivity contribution in [2.75, 3.05) is 0 Å². The number of amides is 2. The number of hydrogen-bond donors (Lipinski definition) is 1. The maximum atomic E-state index is 12.8. The maximum Gasteiger partial charge on any atom is 0.248 e. The Hall–Kier alpha value is -1.84. The average molecular weight is 286 g/mol. The molecule has 0 radical (unpaired) electrons. The molecule has 1 aliphatic heterocycles. The van der Waals surface area contributed by atoms with E-state index in [1.54, 1.807) is 0 Å². The van der Waals surface area contributed by atoms with Crippen LogP contribution in [0.25, 0.3) is 0 Å². The summed E-state index contributed by atoms with van der Waals surface area (Å²) in [6.07, 6.45) is 1.57. The second-order valence-corrected chi connectivity index (χ2v) is 6.38. The van der Waals surface area contributed by atoms with Crippen LogP contribution in [-0.2, 0) is 9.59 Å². The van der Waals surface area contributed by atoms with Crippen LogP contribution < -0.4 is 5.32 Å². The van der Waals surface area contributed by atoms with E-state index in [1.807, 2.05) is 43.9 Å². The van der Waals surface area contributed by atoms with Crippen molar-refractivity contribution in [1.82, 2.24) is 10.2 Å². The topological polar surface area (TPSA) is 49.4 Å². The highest BCUT2D eigenvalue weighted by atomic mass is 16.2. The van der Waals surface area contributed by atoms with Gasteiger partial charge in [-0.25, -0.2) is 0 Å². The van der Waals surface area contributed by atoms with Crippen LogP contribution in [0.3, 0.4) is 0 Å². The van der Waals surface area contributed by atoms with Crippen molar-refractivity contribution in [3.05, 3.63) is 35.9 Å². The van der Waals surface area contributed by atoms with E-state index >= 15 is 0 Å². The number of carbonyl (C=O) groups is 2. The fourth-order valence-electron chi connectivity index (χ4n) is 3.24. The molecule has 2 aliphatic rings. The fraction of sp³-hybridized carbons (Fsp3) is 0.529. The molecule has 4 unspecified atom stereocenters.